The van der Waals surface area contributed by atoms with E-state index >= 15 is 0 Å². The number of piperidine rings is 1. The Bertz CT molecular complexity index is 806. The monoisotopic (exact) mass is 367 g/mol. The second-order valence-electron chi connectivity index (χ2n) is 7.97. The second-order valence-corrected chi connectivity index (χ2v) is 7.97. The number of nitrogens with zero attached hydrogens (tertiary/aromatic N) is 3. The molecule has 1 aromatic heterocycles. The molecule has 0 atom stereocenters. The first kappa shape index (κ1) is 18.2. The van der Waals surface area contributed by atoms with Crippen LogP contribution in [0.3, 0.4) is 0 Å². The molecule has 0 radical (unpaired) electrons. The van der Waals surface area contributed by atoms with Gasteiger partial charge in [-0.3, -0.25) is 4.79 Å². The van der Waals surface area contributed by atoms with Gasteiger partial charge in [0.05, 0.1) is 0 Å². The summed E-state index contributed by atoms with van der Waals surface area (Å²) in [6.45, 7) is 8.30. The van der Waals surface area contributed by atoms with Crippen LogP contribution < -0.4 is 4.74 Å². The third-order valence-corrected chi connectivity index (χ3v) is 5.80. The number of pyridine rings is 1. The Morgan fingerprint density at radius 1 is 1.07 bits per heavy atom. The fourth-order valence-corrected chi connectivity index (χ4v) is 4.11. The highest BCUT2D eigenvalue weighted by Gasteiger charge is 2.24. The van der Waals surface area contributed by atoms with Crippen LogP contribution in [0.4, 0.5) is 0 Å². The summed E-state index contributed by atoms with van der Waals surface area (Å²) in [6.07, 6.45) is 4.44. The van der Waals surface area contributed by atoms with Gasteiger partial charge in [-0.05, 0) is 51.7 Å². The molecule has 4 rings (SSSR count). The molecule has 2 saturated heterocycles. The average molecular weight is 367 g/mol. The van der Waals surface area contributed by atoms with Crippen molar-refractivity contribution in [2.45, 2.75) is 51.7 Å². The van der Waals surface area contributed by atoms with Crippen LogP contribution in [0.2, 0.25) is 0 Å². The lowest BCUT2D eigenvalue weighted by molar-refractivity contribution is 0.0787. The van der Waals surface area contributed by atoms with Gasteiger partial charge in [-0.25, -0.2) is 4.98 Å². The van der Waals surface area contributed by atoms with Crippen LogP contribution in [0.5, 0.6) is 5.75 Å². The lowest BCUT2D eigenvalue weighted by Gasteiger charge is -2.34. The van der Waals surface area contributed by atoms with Crippen LogP contribution in [0, 0.1) is 0 Å². The molecule has 2 fully saturated rings. The van der Waals surface area contributed by atoms with Crippen LogP contribution in [-0.2, 0) is 0 Å². The molecular formula is C22H29N3O2. The number of benzene rings is 1. The third-order valence-electron chi connectivity index (χ3n) is 5.80. The predicted molar refractivity (Wildman–Crippen MR) is 107 cm³/mol. The van der Waals surface area contributed by atoms with E-state index in [2.05, 4.69) is 18.7 Å². The first-order valence-corrected chi connectivity index (χ1v) is 10.2. The maximum absolute atomic E-state index is 12.7. The largest absolute Gasteiger partial charge is 0.488 e. The van der Waals surface area contributed by atoms with Crippen molar-refractivity contribution < 1.29 is 9.53 Å². The summed E-state index contributed by atoms with van der Waals surface area (Å²) in [5, 5.41) is 1.02. The Labute approximate surface area is 161 Å². The van der Waals surface area contributed by atoms with Gasteiger partial charge < -0.3 is 14.5 Å². The van der Waals surface area contributed by atoms with E-state index in [9.17, 15) is 4.79 Å². The van der Waals surface area contributed by atoms with Crippen LogP contribution in [0.1, 0.15) is 50.0 Å². The number of carbonyl (C=O) groups is 1. The highest BCUT2D eigenvalue weighted by molar-refractivity contribution is 5.96. The molecule has 0 aliphatic carbocycles. The number of aromatic nitrogens is 1. The summed E-state index contributed by atoms with van der Waals surface area (Å²) in [5.41, 5.74) is 1.32. The Hall–Kier alpha value is -2.14. The van der Waals surface area contributed by atoms with Gasteiger partial charge in [0.25, 0.3) is 5.91 Å². The van der Waals surface area contributed by atoms with Crippen molar-refractivity contribution in [3.05, 3.63) is 36.0 Å². The molecule has 3 heterocycles. The molecule has 0 bridgehead atoms. The van der Waals surface area contributed by atoms with Gasteiger partial charge in [0.1, 0.15) is 23.1 Å². The molecule has 0 unspecified atom stereocenters. The molecular weight excluding hydrogens is 338 g/mol. The predicted octanol–water partition coefficient (Wildman–Crippen LogP) is 3.72. The smallest absolute Gasteiger partial charge is 0.272 e. The quantitative estimate of drug-likeness (QED) is 0.826. The molecule has 144 valence electrons. The molecule has 27 heavy (non-hydrogen) atoms. The molecule has 0 saturated carbocycles. The molecule has 0 N–H and O–H groups in total. The van der Waals surface area contributed by atoms with Crippen LogP contribution in [0.25, 0.3) is 10.9 Å². The van der Waals surface area contributed by atoms with Gasteiger partial charge >= 0.3 is 0 Å². The SMILES string of the molecule is CC(C)N1CCC(Oc2cccc3ccc(C(=O)N4CCCC4)nc23)CC1. The fraction of sp³-hybridized carbons (Fsp3) is 0.545. The molecule has 2 aromatic rings. The normalized spacial score (nSPS) is 19.1. The summed E-state index contributed by atoms with van der Waals surface area (Å²) in [7, 11) is 0. The molecule has 5 heteroatoms. The molecule has 0 spiro atoms. The van der Waals surface area contributed by atoms with Crippen LogP contribution >= 0.6 is 0 Å². The van der Waals surface area contributed by atoms with E-state index in [-0.39, 0.29) is 12.0 Å². The van der Waals surface area contributed by atoms with E-state index in [1.54, 1.807) is 0 Å². The Morgan fingerprint density at radius 3 is 2.52 bits per heavy atom. The summed E-state index contributed by atoms with van der Waals surface area (Å²) in [4.78, 5) is 21.8. The Kier molecular flexibility index (Phi) is 5.30. The molecule has 1 aromatic carbocycles. The lowest BCUT2D eigenvalue weighted by Crippen LogP contribution is -2.41. The minimum absolute atomic E-state index is 0.0365. The van der Waals surface area contributed by atoms with E-state index in [0.717, 1.165) is 68.5 Å². The van der Waals surface area contributed by atoms with E-state index < -0.39 is 0 Å². The number of carbonyl (C=O) groups excluding carboxylic acids is 1. The minimum Gasteiger partial charge on any atom is -0.488 e. The third kappa shape index (κ3) is 3.93. The zero-order chi connectivity index (χ0) is 18.8. The second kappa shape index (κ2) is 7.85. The molecule has 2 aliphatic rings. The van der Waals surface area contributed by atoms with Crippen molar-refractivity contribution in [2.75, 3.05) is 26.2 Å². The van der Waals surface area contributed by atoms with E-state index in [0.29, 0.717) is 11.7 Å². The minimum atomic E-state index is 0.0365. The highest BCUT2D eigenvalue weighted by Crippen LogP contribution is 2.28. The summed E-state index contributed by atoms with van der Waals surface area (Å²) in [5.74, 6) is 0.834. The van der Waals surface area contributed by atoms with Crippen LogP contribution in [0.15, 0.2) is 30.3 Å². The molecule has 1 amide bonds. The summed E-state index contributed by atoms with van der Waals surface area (Å²) >= 11 is 0. The van der Waals surface area contributed by atoms with Gasteiger partial charge in [-0.1, -0.05) is 18.2 Å². The number of likely N-dealkylation sites (tertiary alicyclic amines) is 2. The maximum atomic E-state index is 12.7. The van der Waals surface area contributed by atoms with Crippen LogP contribution in [-0.4, -0.2) is 59.0 Å². The maximum Gasteiger partial charge on any atom is 0.272 e. The number of para-hydroxylation sites is 1. The van der Waals surface area contributed by atoms with E-state index in [4.69, 9.17) is 9.72 Å². The average Bonchev–Trinajstić information content (AvgIpc) is 3.22. The van der Waals surface area contributed by atoms with Gasteiger partial charge in [0.15, 0.2) is 0 Å². The molecule has 2 aliphatic heterocycles. The van der Waals surface area contributed by atoms with Gasteiger partial charge in [0, 0.05) is 37.6 Å². The van der Waals surface area contributed by atoms with Crippen molar-refractivity contribution in [3.8, 4) is 5.75 Å². The van der Waals surface area contributed by atoms with Gasteiger partial charge in [-0.2, -0.15) is 0 Å². The fourth-order valence-electron chi connectivity index (χ4n) is 4.11. The Morgan fingerprint density at radius 2 is 1.81 bits per heavy atom. The van der Waals surface area contributed by atoms with E-state index in [1.165, 1.54) is 0 Å². The number of hydrogen-bond donors (Lipinski definition) is 0. The number of ether oxygens (including phenoxy) is 1. The highest BCUT2D eigenvalue weighted by atomic mass is 16.5. The standard InChI is InChI=1S/C22H29N3O2/c1-16(2)24-14-10-18(11-15-24)27-20-7-5-6-17-8-9-19(23-21(17)20)22(26)25-12-3-4-13-25/h5-9,16,18H,3-4,10-15H2,1-2H3. The molecule has 5 nitrogen and oxygen atoms in total. The number of fused-ring (bicyclic) bond motifs is 1. The van der Waals surface area contributed by atoms with Crippen molar-refractivity contribution in [1.82, 2.24) is 14.8 Å². The van der Waals surface area contributed by atoms with Crippen molar-refractivity contribution >= 4 is 16.8 Å². The lowest BCUT2D eigenvalue weighted by atomic mass is 10.1. The first-order valence-electron chi connectivity index (χ1n) is 10.2. The number of hydrogen-bond acceptors (Lipinski definition) is 4. The number of amides is 1. The topological polar surface area (TPSA) is 45.7 Å². The van der Waals surface area contributed by atoms with Gasteiger partial charge in [-0.15, -0.1) is 0 Å². The van der Waals surface area contributed by atoms with E-state index in [1.807, 2.05) is 35.2 Å². The number of rotatable bonds is 4. The summed E-state index contributed by atoms with van der Waals surface area (Å²) in [6, 6.07) is 10.4. The van der Waals surface area contributed by atoms with Crippen molar-refractivity contribution in [3.63, 3.8) is 0 Å². The van der Waals surface area contributed by atoms with Crippen molar-refractivity contribution in [2.24, 2.45) is 0 Å². The van der Waals surface area contributed by atoms with Crippen molar-refractivity contribution in [1.29, 1.82) is 0 Å². The first-order chi connectivity index (χ1) is 13.1. The zero-order valence-electron chi connectivity index (χ0n) is 16.4. The van der Waals surface area contributed by atoms with Gasteiger partial charge in [0.2, 0.25) is 0 Å². The zero-order valence-corrected chi connectivity index (χ0v) is 16.4. The summed E-state index contributed by atoms with van der Waals surface area (Å²) < 4.78 is 6.34. The Balaban J connectivity index is 1.54.